The van der Waals surface area contributed by atoms with Crippen LogP contribution in [-0.2, 0) is 6.42 Å². The van der Waals surface area contributed by atoms with Gasteiger partial charge in [-0.25, -0.2) is 0 Å². The summed E-state index contributed by atoms with van der Waals surface area (Å²) in [7, 11) is 0. The van der Waals surface area contributed by atoms with E-state index >= 15 is 0 Å². The molecular formula is C10H16N2O2. The fraction of sp³-hybridized carbons (Fsp3) is 0.700. The second-order valence-corrected chi connectivity index (χ2v) is 4.35. The molecule has 0 fully saturated rings. The molecule has 0 aromatic carbocycles. The van der Waals surface area contributed by atoms with Crippen molar-refractivity contribution in [2.24, 2.45) is 5.92 Å². The van der Waals surface area contributed by atoms with E-state index in [-0.39, 0.29) is 12.0 Å². The summed E-state index contributed by atoms with van der Waals surface area (Å²) < 4.78 is 4.96. The molecule has 0 radical (unpaired) electrons. The summed E-state index contributed by atoms with van der Waals surface area (Å²) >= 11 is 0. The second kappa shape index (κ2) is 3.28. The molecule has 0 amide bonds. The number of fused-ring (bicyclic) bond motifs is 1. The van der Waals surface area contributed by atoms with Gasteiger partial charge < -0.3 is 15.4 Å². The van der Waals surface area contributed by atoms with E-state index in [9.17, 15) is 5.11 Å². The summed E-state index contributed by atoms with van der Waals surface area (Å²) in [5, 5.41) is 13.5. The molecule has 4 nitrogen and oxygen atoms in total. The number of hydrogen-bond donors (Lipinski definition) is 2. The van der Waals surface area contributed by atoms with Crippen LogP contribution < -0.4 is 5.73 Å². The Morgan fingerprint density at radius 3 is 2.93 bits per heavy atom. The van der Waals surface area contributed by atoms with Crippen LogP contribution in [0.3, 0.4) is 0 Å². The molecule has 3 N–H and O–H groups in total. The smallest absolute Gasteiger partial charge is 0.225 e. The van der Waals surface area contributed by atoms with Crippen molar-refractivity contribution in [3.05, 3.63) is 11.3 Å². The third-order valence-electron chi connectivity index (χ3n) is 2.96. The van der Waals surface area contributed by atoms with Crippen LogP contribution in [0.4, 0.5) is 5.88 Å². The maximum atomic E-state index is 9.66. The number of nitrogen functional groups attached to an aromatic ring is 1. The summed E-state index contributed by atoms with van der Waals surface area (Å²) in [4.78, 5) is 0. The second-order valence-electron chi connectivity index (χ2n) is 4.35. The molecule has 1 aromatic rings. The van der Waals surface area contributed by atoms with E-state index in [1.807, 2.05) is 0 Å². The number of nitrogens with two attached hydrogens (primary N) is 1. The Kier molecular flexibility index (Phi) is 2.23. The lowest BCUT2D eigenvalue weighted by molar-refractivity contribution is 0.136. The van der Waals surface area contributed by atoms with Gasteiger partial charge in [-0.2, -0.15) is 0 Å². The van der Waals surface area contributed by atoms with Crippen LogP contribution in [0.15, 0.2) is 4.52 Å². The molecule has 1 heterocycles. The Morgan fingerprint density at radius 2 is 2.29 bits per heavy atom. The van der Waals surface area contributed by atoms with Crippen LogP contribution in [0, 0.1) is 5.92 Å². The van der Waals surface area contributed by atoms with Crippen molar-refractivity contribution in [3.63, 3.8) is 0 Å². The maximum absolute atomic E-state index is 9.66. The van der Waals surface area contributed by atoms with E-state index in [1.54, 1.807) is 0 Å². The highest BCUT2D eigenvalue weighted by Crippen LogP contribution is 2.39. The normalized spacial score (nSPS) is 26.6. The molecule has 2 atom stereocenters. The number of nitrogens with zero attached hydrogens (tertiary/aromatic N) is 1. The highest BCUT2D eigenvalue weighted by atomic mass is 16.5. The molecule has 0 saturated heterocycles. The minimum absolute atomic E-state index is 0.278. The van der Waals surface area contributed by atoms with E-state index in [1.165, 1.54) is 0 Å². The van der Waals surface area contributed by atoms with Gasteiger partial charge in [0.1, 0.15) is 0 Å². The lowest BCUT2D eigenvalue weighted by Gasteiger charge is -2.27. The van der Waals surface area contributed by atoms with Crippen molar-refractivity contribution < 1.29 is 9.63 Å². The minimum Gasteiger partial charge on any atom is -0.393 e. The number of anilines is 1. The van der Waals surface area contributed by atoms with Gasteiger partial charge in [-0.3, -0.25) is 0 Å². The van der Waals surface area contributed by atoms with Crippen molar-refractivity contribution in [1.82, 2.24) is 5.16 Å². The van der Waals surface area contributed by atoms with Crippen molar-refractivity contribution in [3.8, 4) is 0 Å². The van der Waals surface area contributed by atoms with Crippen molar-refractivity contribution in [2.75, 3.05) is 5.73 Å². The highest BCUT2D eigenvalue weighted by molar-refractivity contribution is 5.44. The number of aliphatic hydroxyl groups is 1. The third-order valence-corrected chi connectivity index (χ3v) is 2.96. The van der Waals surface area contributed by atoms with Crippen molar-refractivity contribution >= 4 is 5.88 Å². The van der Waals surface area contributed by atoms with Gasteiger partial charge in [0.15, 0.2) is 0 Å². The van der Waals surface area contributed by atoms with Gasteiger partial charge in [-0.15, -0.1) is 0 Å². The number of aromatic nitrogens is 1. The highest BCUT2D eigenvalue weighted by Gasteiger charge is 2.33. The summed E-state index contributed by atoms with van der Waals surface area (Å²) in [6.45, 7) is 4.25. The molecule has 1 aliphatic rings. The molecule has 0 saturated carbocycles. The Hall–Kier alpha value is -1.03. The molecule has 78 valence electrons. The molecule has 0 aliphatic heterocycles. The van der Waals surface area contributed by atoms with Crippen LogP contribution in [0.25, 0.3) is 0 Å². The fourth-order valence-corrected chi connectivity index (χ4v) is 2.21. The average Bonchev–Trinajstić information content (AvgIpc) is 2.46. The average molecular weight is 196 g/mol. The maximum Gasteiger partial charge on any atom is 0.225 e. The molecule has 1 aliphatic carbocycles. The van der Waals surface area contributed by atoms with E-state index in [4.69, 9.17) is 10.3 Å². The zero-order chi connectivity index (χ0) is 10.3. The van der Waals surface area contributed by atoms with E-state index < -0.39 is 0 Å². The van der Waals surface area contributed by atoms with E-state index in [2.05, 4.69) is 19.0 Å². The predicted molar refractivity (Wildman–Crippen MR) is 52.8 cm³/mol. The quantitative estimate of drug-likeness (QED) is 0.710. The predicted octanol–water partition coefficient (Wildman–Crippen LogP) is 1.30. The zero-order valence-corrected chi connectivity index (χ0v) is 8.53. The Labute approximate surface area is 83.1 Å². The lowest BCUT2D eigenvalue weighted by atomic mass is 9.78. The largest absolute Gasteiger partial charge is 0.393 e. The number of aliphatic hydroxyl groups excluding tert-OH is 1. The standard InChI is InChI=1S/C10H16N2O2/c1-5(2)7-3-6(13)4-8-9(7)10(11)14-12-8/h5-7,13H,3-4,11H2,1-2H3. The summed E-state index contributed by atoms with van der Waals surface area (Å²) in [5.74, 6) is 1.15. The molecular weight excluding hydrogens is 180 g/mol. The van der Waals surface area contributed by atoms with Gasteiger partial charge in [-0.1, -0.05) is 19.0 Å². The molecule has 4 heteroatoms. The molecule has 1 aromatic heterocycles. The topological polar surface area (TPSA) is 72.3 Å². The number of rotatable bonds is 1. The van der Waals surface area contributed by atoms with Crippen LogP contribution in [0.5, 0.6) is 0 Å². The van der Waals surface area contributed by atoms with E-state index in [0.29, 0.717) is 18.2 Å². The van der Waals surface area contributed by atoms with Crippen LogP contribution in [0.2, 0.25) is 0 Å². The van der Waals surface area contributed by atoms with Gasteiger partial charge in [0, 0.05) is 12.0 Å². The van der Waals surface area contributed by atoms with Gasteiger partial charge in [0.25, 0.3) is 0 Å². The Balaban J connectivity index is 2.41. The lowest BCUT2D eigenvalue weighted by Crippen LogP contribution is -2.25. The van der Waals surface area contributed by atoms with Crippen molar-refractivity contribution in [2.45, 2.75) is 38.7 Å². The molecule has 14 heavy (non-hydrogen) atoms. The number of hydrogen-bond acceptors (Lipinski definition) is 4. The zero-order valence-electron chi connectivity index (χ0n) is 8.53. The van der Waals surface area contributed by atoms with Gasteiger partial charge in [-0.05, 0) is 18.3 Å². The molecule has 2 unspecified atom stereocenters. The SMILES string of the molecule is CC(C)C1CC(O)Cc2noc(N)c21. The van der Waals surface area contributed by atoms with Crippen LogP contribution in [0.1, 0.15) is 37.4 Å². The Morgan fingerprint density at radius 1 is 1.57 bits per heavy atom. The van der Waals surface area contributed by atoms with Crippen LogP contribution >= 0.6 is 0 Å². The van der Waals surface area contributed by atoms with Crippen molar-refractivity contribution in [1.29, 1.82) is 0 Å². The Bertz CT molecular complexity index is 333. The van der Waals surface area contributed by atoms with E-state index in [0.717, 1.165) is 17.7 Å². The first-order chi connectivity index (χ1) is 6.59. The molecule has 0 bridgehead atoms. The summed E-state index contributed by atoms with van der Waals surface area (Å²) in [6, 6.07) is 0. The first-order valence-corrected chi connectivity index (χ1v) is 5.01. The van der Waals surface area contributed by atoms with Gasteiger partial charge in [0.05, 0.1) is 11.8 Å². The monoisotopic (exact) mass is 196 g/mol. The van der Waals surface area contributed by atoms with Crippen LogP contribution in [-0.4, -0.2) is 16.4 Å². The fourth-order valence-electron chi connectivity index (χ4n) is 2.21. The first-order valence-electron chi connectivity index (χ1n) is 5.01. The summed E-state index contributed by atoms with van der Waals surface area (Å²) in [5.41, 5.74) is 7.58. The molecule has 0 spiro atoms. The summed E-state index contributed by atoms with van der Waals surface area (Å²) in [6.07, 6.45) is 1.02. The van der Waals surface area contributed by atoms with Gasteiger partial charge in [0.2, 0.25) is 5.88 Å². The minimum atomic E-state index is -0.306. The first kappa shape index (κ1) is 9.52. The molecule has 2 rings (SSSR count). The third kappa shape index (κ3) is 1.39. The van der Waals surface area contributed by atoms with Gasteiger partial charge >= 0.3 is 0 Å².